The first-order chi connectivity index (χ1) is 10.2. The first kappa shape index (κ1) is 13.6. The van der Waals surface area contributed by atoms with Crippen molar-refractivity contribution in [1.82, 2.24) is 4.98 Å². The van der Waals surface area contributed by atoms with Crippen LogP contribution in [0.4, 0.5) is 0 Å². The lowest BCUT2D eigenvalue weighted by atomic mass is 10.1. The maximum absolute atomic E-state index is 10.8. The van der Waals surface area contributed by atoms with Crippen LogP contribution in [-0.4, -0.2) is 23.2 Å². The molecule has 21 heavy (non-hydrogen) atoms. The van der Waals surface area contributed by atoms with Gasteiger partial charge in [0.1, 0.15) is 10.8 Å². The smallest absolute Gasteiger partial charge is 0.307 e. The number of hydrogen-bond donors (Lipinski definition) is 1. The van der Waals surface area contributed by atoms with E-state index in [9.17, 15) is 4.79 Å². The maximum Gasteiger partial charge on any atom is 0.307 e. The molecule has 0 aliphatic carbocycles. The minimum absolute atomic E-state index is 0.0334. The zero-order chi connectivity index (χ0) is 14.8. The number of fused-ring (bicyclic) bond motifs is 1. The first-order valence-corrected chi connectivity index (χ1v) is 7.23. The van der Waals surface area contributed by atoms with Crippen molar-refractivity contribution in [2.75, 3.05) is 7.11 Å². The summed E-state index contributed by atoms with van der Waals surface area (Å²) in [7, 11) is 1.64. The Balaban J connectivity index is 1.97. The van der Waals surface area contributed by atoms with Crippen LogP contribution in [0.1, 0.15) is 5.56 Å². The summed E-state index contributed by atoms with van der Waals surface area (Å²) in [5.74, 6) is -0.0159. The van der Waals surface area contributed by atoms with Crippen molar-refractivity contribution in [3.8, 4) is 16.3 Å². The predicted octanol–water partition coefficient (Wildman–Crippen LogP) is 3.60. The molecule has 0 saturated carbocycles. The van der Waals surface area contributed by atoms with Gasteiger partial charge in [-0.15, -0.1) is 11.3 Å². The second-order valence-electron chi connectivity index (χ2n) is 4.62. The number of benzene rings is 2. The van der Waals surface area contributed by atoms with Gasteiger partial charge in [-0.1, -0.05) is 6.07 Å². The molecule has 4 nitrogen and oxygen atoms in total. The van der Waals surface area contributed by atoms with Gasteiger partial charge in [0.05, 0.1) is 23.7 Å². The largest absolute Gasteiger partial charge is 0.497 e. The molecule has 0 fully saturated rings. The van der Waals surface area contributed by atoms with E-state index in [1.807, 2.05) is 42.5 Å². The van der Waals surface area contributed by atoms with Crippen LogP contribution in [0.25, 0.3) is 20.8 Å². The van der Waals surface area contributed by atoms with Crippen molar-refractivity contribution in [2.24, 2.45) is 0 Å². The van der Waals surface area contributed by atoms with Gasteiger partial charge in [-0.2, -0.15) is 0 Å². The zero-order valence-electron chi connectivity index (χ0n) is 11.4. The third kappa shape index (κ3) is 2.87. The standard InChI is InChI=1S/C16H13NO3S/c1-20-12-5-3-11(4-6-12)16-17-13-7-2-10(9-15(18)19)8-14(13)21-16/h2-8H,9H2,1H3,(H,18,19). The van der Waals surface area contributed by atoms with Crippen LogP contribution in [0.2, 0.25) is 0 Å². The summed E-state index contributed by atoms with van der Waals surface area (Å²) >= 11 is 1.56. The van der Waals surface area contributed by atoms with Gasteiger partial charge in [-0.3, -0.25) is 4.79 Å². The van der Waals surface area contributed by atoms with E-state index in [2.05, 4.69) is 4.98 Å². The number of carboxylic acids is 1. The third-order valence-corrected chi connectivity index (χ3v) is 4.21. The van der Waals surface area contributed by atoms with E-state index in [4.69, 9.17) is 9.84 Å². The van der Waals surface area contributed by atoms with E-state index in [1.54, 1.807) is 18.4 Å². The second-order valence-corrected chi connectivity index (χ2v) is 5.65. The molecule has 0 amide bonds. The normalized spacial score (nSPS) is 10.7. The van der Waals surface area contributed by atoms with E-state index >= 15 is 0 Å². The Hall–Kier alpha value is -2.40. The summed E-state index contributed by atoms with van der Waals surface area (Å²) < 4.78 is 6.14. The molecular weight excluding hydrogens is 286 g/mol. The highest BCUT2D eigenvalue weighted by Crippen LogP contribution is 2.31. The molecule has 106 valence electrons. The van der Waals surface area contributed by atoms with Gasteiger partial charge in [0, 0.05) is 5.56 Å². The molecule has 3 aromatic rings. The van der Waals surface area contributed by atoms with Crippen molar-refractivity contribution >= 4 is 27.5 Å². The van der Waals surface area contributed by atoms with Crippen LogP contribution in [-0.2, 0) is 11.2 Å². The van der Waals surface area contributed by atoms with Crippen molar-refractivity contribution in [3.05, 3.63) is 48.0 Å². The number of methoxy groups -OCH3 is 1. The lowest BCUT2D eigenvalue weighted by molar-refractivity contribution is -0.136. The van der Waals surface area contributed by atoms with Crippen LogP contribution >= 0.6 is 11.3 Å². The minimum Gasteiger partial charge on any atom is -0.497 e. The Morgan fingerprint density at radius 2 is 2.00 bits per heavy atom. The molecule has 0 unspecified atom stereocenters. The average Bonchev–Trinajstić information content (AvgIpc) is 2.90. The zero-order valence-corrected chi connectivity index (χ0v) is 12.2. The van der Waals surface area contributed by atoms with Gasteiger partial charge in [0.25, 0.3) is 0 Å². The molecule has 5 heteroatoms. The van der Waals surface area contributed by atoms with Crippen LogP contribution in [0.15, 0.2) is 42.5 Å². The predicted molar refractivity (Wildman–Crippen MR) is 82.9 cm³/mol. The summed E-state index contributed by atoms with van der Waals surface area (Å²) in [5, 5.41) is 9.76. The van der Waals surface area contributed by atoms with Crippen LogP contribution in [0.5, 0.6) is 5.75 Å². The Kier molecular flexibility index (Phi) is 3.58. The molecule has 1 aromatic heterocycles. The minimum atomic E-state index is -0.825. The molecule has 1 N–H and O–H groups in total. The molecule has 1 heterocycles. The first-order valence-electron chi connectivity index (χ1n) is 6.41. The molecule has 3 rings (SSSR count). The third-order valence-electron chi connectivity index (χ3n) is 3.15. The number of carboxylic acid groups (broad SMARTS) is 1. The number of rotatable bonds is 4. The van der Waals surface area contributed by atoms with Gasteiger partial charge in [0.2, 0.25) is 0 Å². The molecule has 0 radical (unpaired) electrons. The highest BCUT2D eigenvalue weighted by atomic mass is 32.1. The number of aromatic nitrogens is 1. The van der Waals surface area contributed by atoms with E-state index in [0.29, 0.717) is 0 Å². The molecular formula is C16H13NO3S. The van der Waals surface area contributed by atoms with E-state index < -0.39 is 5.97 Å². The summed E-state index contributed by atoms with van der Waals surface area (Å²) in [5.41, 5.74) is 2.71. The van der Waals surface area contributed by atoms with Crippen molar-refractivity contribution in [2.45, 2.75) is 6.42 Å². The van der Waals surface area contributed by atoms with Crippen molar-refractivity contribution in [3.63, 3.8) is 0 Å². The molecule has 0 spiro atoms. The van der Waals surface area contributed by atoms with E-state index in [-0.39, 0.29) is 6.42 Å². The number of nitrogens with zero attached hydrogens (tertiary/aromatic N) is 1. The fourth-order valence-corrected chi connectivity index (χ4v) is 3.15. The molecule has 0 atom stereocenters. The van der Waals surface area contributed by atoms with Gasteiger partial charge in [0.15, 0.2) is 0 Å². The topological polar surface area (TPSA) is 59.4 Å². The average molecular weight is 299 g/mol. The molecule has 0 bridgehead atoms. The van der Waals surface area contributed by atoms with Gasteiger partial charge < -0.3 is 9.84 Å². The lowest BCUT2D eigenvalue weighted by Gasteiger charge is -1.99. The van der Waals surface area contributed by atoms with Crippen LogP contribution in [0.3, 0.4) is 0 Å². The molecule has 0 saturated heterocycles. The highest BCUT2D eigenvalue weighted by molar-refractivity contribution is 7.21. The summed E-state index contributed by atoms with van der Waals surface area (Å²) in [4.78, 5) is 15.4. The summed E-state index contributed by atoms with van der Waals surface area (Å²) in [6.45, 7) is 0. The number of thiazole rings is 1. The van der Waals surface area contributed by atoms with Gasteiger partial charge >= 0.3 is 5.97 Å². The number of carbonyl (C=O) groups is 1. The monoisotopic (exact) mass is 299 g/mol. The van der Waals surface area contributed by atoms with Gasteiger partial charge in [-0.25, -0.2) is 4.98 Å². The quantitative estimate of drug-likeness (QED) is 0.799. The highest BCUT2D eigenvalue weighted by Gasteiger charge is 2.08. The van der Waals surface area contributed by atoms with Crippen LogP contribution < -0.4 is 4.74 Å². The lowest BCUT2D eigenvalue weighted by Crippen LogP contribution is -1.99. The molecule has 2 aromatic carbocycles. The molecule has 0 aliphatic heterocycles. The number of ether oxygens (including phenoxy) is 1. The van der Waals surface area contributed by atoms with Crippen molar-refractivity contribution < 1.29 is 14.6 Å². The Labute approximate surface area is 125 Å². The van der Waals surface area contributed by atoms with Gasteiger partial charge in [-0.05, 0) is 42.0 Å². The SMILES string of the molecule is COc1ccc(-c2nc3ccc(CC(=O)O)cc3s2)cc1. The number of aliphatic carboxylic acids is 1. The Morgan fingerprint density at radius 3 is 2.67 bits per heavy atom. The summed E-state index contributed by atoms with van der Waals surface area (Å²) in [6.07, 6.45) is 0.0334. The van der Waals surface area contributed by atoms with Crippen molar-refractivity contribution in [1.29, 1.82) is 0 Å². The fraction of sp³-hybridized carbons (Fsp3) is 0.125. The Bertz CT molecular complexity index is 793. The fourth-order valence-electron chi connectivity index (χ4n) is 2.11. The van der Waals surface area contributed by atoms with E-state index in [0.717, 1.165) is 32.1 Å². The Morgan fingerprint density at radius 1 is 1.24 bits per heavy atom. The maximum atomic E-state index is 10.8. The molecule has 0 aliphatic rings. The second kappa shape index (κ2) is 5.54. The van der Waals surface area contributed by atoms with Crippen LogP contribution in [0, 0.1) is 0 Å². The summed E-state index contributed by atoms with van der Waals surface area (Å²) in [6, 6.07) is 13.3. The van der Waals surface area contributed by atoms with E-state index in [1.165, 1.54) is 0 Å². The number of hydrogen-bond acceptors (Lipinski definition) is 4.